The topological polar surface area (TPSA) is 41.6 Å². The summed E-state index contributed by atoms with van der Waals surface area (Å²) >= 11 is 3.37. The summed E-state index contributed by atoms with van der Waals surface area (Å²) in [5.74, 6) is 0.499. The van der Waals surface area contributed by atoms with E-state index in [1.807, 2.05) is 43.3 Å². The Kier molecular flexibility index (Phi) is 6.67. The number of rotatable bonds is 7. The van der Waals surface area contributed by atoms with E-state index in [0.29, 0.717) is 5.75 Å². The molecule has 0 radical (unpaired) electrons. The molecule has 0 fully saturated rings. The summed E-state index contributed by atoms with van der Waals surface area (Å²) in [6.45, 7) is 8.17. The monoisotopic (exact) mass is 390 g/mol. The molecule has 0 aliphatic rings. The molecule has 5 heteroatoms. The zero-order valence-corrected chi connectivity index (χ0v) is 15.9. The maximum atomic E-state index is 12.1. The van der Waals surface area contributed by atoms with Crippen molar-refractivity contribution >= 4 is 33.2 Å². The van der Waals surface area contributed by atoms with Gasteiger partial charge in [0.15, 0.2) is 6.61 Å². The first-order chi connectivity index (χ1) is 11.5. The number of amides is 1. The van der Waals surface area contributed by atoms with Gasteiger partial charge in [0.25, 0.3) is 5.91 Å². The van der Waals surface area contributed by atoms with Crippen LogP contribution in [0.15, 0.2) is 46.9 Å². The fourth-order valence-electron chi connectivity index (χ4n) is 2.44. The van der Waals surface area contributed by atoms with Gasteiger partial charge in [0, 0.05) is 28.9 Å². The van der Waals surface area contributed by atoms with Gasteiger partial charge in [0.1, 0.15) is 5.75 Å². The maximum absolute atomic E-state index is 12.1. The van der Waals surface area contributed by atoms with Gasteiger partial charge in [0.05, 0.1) is 0 Å². The molecular formula is C19H23BrN2O2. The fourth-order valence-corrected chi connectivity index (χ4v) is 2.70. The van der Waals surface area contributed by atoms with Crippen molar-refractivity contribution in [2.24, 2.45) is 0 Å². The number of aryl methyl sites for hydroxylation is 1. The van der Waals surface area contributed by atoms with Crippen LogP contribution in [0.2, 0.25) is 0 Å². The summed E-state index contributed by atoms with van der Waals surface area (Å²) in [6.07, 6.45) is 0. The Bertz CT molecular complexity index is 682. The van der Waals surface area contributed by atoms with Crippen molar-refractivity contribution in [2.75, 3.05) is 29.9 Å². The normalized spacial score (nSPS) is 10.3. The van der Waals surface area contributed by atoms with Gasteiger partial charge in [0.2, 0.25) is 0 Å². The summed E-state index contributed by atoms with van der Waals surface area (Å²) < 4.78 is 6.47. The minimum atomic E-state index is -0.170. The van der Waals surface area contributed by atoms with Crippen molar-refractivity contribution in [1.82, 2.24) is 0 Å². The number of carbonyl (C=O) groups excluding carboxylic acids is 1. The van der Waals surface area contributed by atoms with Crippen molar-refractivity contribution < 1.29 is 9.53 Å². The van der Waals surface area contributed by atoms with Gasteiger partial charge in [-0.3, -0.25) is 4.79 Å². The molecule has 0 bridgehead atoms. The number of nitrogens with zero attached hydrogens (tertiary/aromatic N) is 1. The summed E-state index contributed by atoms with van der Waals surface area (Å²) in [5, 5.41) is 2.90. The fraction of sp³-hybridized carbons (Fsp3) is 0.316. The molecule has 0 unspecified atom stereocenters. The van der Waals surface area contributed by atoms with Crippen LogP contribution in [0.25, 0.3) is 0 Å². The number of nitrogens with one attached hydrogen (secondary N) is 1. The smallest absolute Gasteiger partial charge is 0.262 e. The lowest BCUT2D eigenvalue weighted by molar-refractivity contribution is -0.118. The highest BCUT2D eigenvalue weighted by Crippen LogP contribution is 2.23. The third-order valence-corrected chi connectivity index (χ3v) is 4.32. The summed E-state index contributed by atoms with van der Waals surface area (Å²) in [5.41, 5.74) is 3.02. The molecular weight excluding hydrogens is 368 g/mol. The van der Waals surface area contributed by atoms with E-state index < -0.39 is 0 Å². The Labute approximate surface area is 151 Å². The Morgan fingerprint density at radius 2 is 1.79 bits per heavy atom. The molecule has 1 N–H and O–H groups in total. The van der Waals surface area contributed by atoms with Crippen LogP contribution in [-0.2, 0) is 4.79 Å². The predicted molar refractivity (Wildman–Crippen MR) is 103 cm³/mol. The van der Waals surface area contributed by atoms with E-state index in [9.17, 15) is 4.79 Å². The van der Waals surface area contributed by atoms with E-state index in [1.54, 1.807) is 0 Å². The largest absolute Gasteiger partial charge is 0.484 e. The van der Waals surface area contributed by atoms with Crippen LogP contribution in [-0.4, -0.2) is 25.6 Å². The van der Waals surface area contributed by atoms with Crippen molar-refractivity contribution in [3.63, 3.8) is 0 Å². The van der Waals surface area contributed by atoms with Crippen LogP contribution in [0.1, 0.15) is 19.4 Å². The number of hydrogen-bond donors (Lipinski definition) is 1. The molecule has 0 aliphatic carbocycles. The van der Waals surface area contributed by atoms with E-state index in [0.717, 1.165) is 28.8 Å². The van der Waals surface area contributed by atoms with Crippen LogP contribution in [0.3, 0.4) is 0 Å². The van der Waals surface area contributed by atoms with Crippen LogP contribution < -0.4 is 15.0 Å². The number of anilines is 2. The van der Waals surface area contributed by atoms with Gasteiger partial charge < -0.3 is 15.0 Å². The first kappa shape index (κ1) is 18.3. The second-order valence-corrected chi connectivity index (χ2v) is 6.38. The first-order valence-electron chi connectivity index (χ1n) is 8.07. The van der Waals surface area contributed by atoms with Gasteiger partial charge in [-0.2, -0.15) is 0 Å². The highest BCUT2D eigenvalue weighted by Gasteiger charge is 2.08. The zero-order valence-electron chi connectivity index (χ0n) is 14.3. The molecule has 24 heavy (non-hydrogen) atoms. The molecule has 2 aromatic rings. The SMILES string of the molecule is CCN(CC)c1ccc(NC(=O)COc2ccc(Br)cc2)c(C)c1. The molecule has 1 amide bonds. The maximum Gasteiger partial charge on any atom is 0.262 e. The first-order valence-corrected chi connectivity index (χ1v) is 8.86. The third kappa shape index (κ3) is 4.99. The standard InChI is InChI=1S/C19H23BrN2O2/c1-4-22(5-2)16-8-11-18(14(3)12-16)21-19(23)13-24-17-9-6-15(20)7-10-17/h6-12H,4-5,13H2,1-3H3,(H,21,23). The Morgan fingerprint density at radius 3 is 2.38 bits per heavy atom. The molecule has 4 nitrogen and oxygen atoms in total. The molecule has 128 valence electrons. The Balaban J connectivity index is 1.95. The van der Waals surface area contributed by atoms with Crippen LogP contribution in [0, 0.1) is 6.92 Å². The molecule has 0 heterocycles. The Hall–Kier alpha value is -2.01. The van der Waals surface area contributed by atoms with Crippen molar-refractivity contribution in [3.05, 3.63) is 52.5 Å². The summed E-state index contributed by atoms with van der Waals surface area (Å²) in [7, 11) is 0. The molecule has 0 aliphatic heterocycles. The van der Waals surface area contributed by atoms with Gasteiger partial charge in [-0.15, -0.1) is 0 Å². The average molecular weight is 391 g/mol. The quantitative estimate of drug-likeness (QED) is 0.749. The van der Waals surface area contributed by atoms with Gasteiger partial charge in [-0.1, -0.05) is 15.9 Å². The van der Waals surface area contributed by atoms with Crippen molar-refractivity contribution in [2.45, 2.75) is 20.8 Å². The van der Waals surface area contributed by atoms with Gasteiger partial charge >= 0.3 is 0 Å². The van der Waals surface area contributed by atoms with E-state index in [-0.39, 0.29) is 12.5 Å². The lowest BCUT2D eigenvalue weighted by atomic mass is 10.1. The lowest BCUT2D eigenvalue weighted by Gasteiger charge is -2.22. The van der Waals surface area contributed by atoms with Crippen molar-refractivity contribution in [1.29, 1.82) is 0 Å². The summed E-state index contributed by atoms with van der Waals surface area (Å²) in [6, 6.07) is 13.5. The number of hydrogen-bond acceptors (Lipinski definition) is 3. The zero-order chi connectivity index (χ0) is 17.5. The predicted octanol–water partition coefficient (Wildman–Crippen LogP) is 4.62. The van der Waals surface area contributed by atoms with E-state index in [2.05, 4.69) is 46.1 Å². The minimum absolute atomic E-state index is 0.0150. The molecule has 0 aromatic heterocycles. The van der Waals surface area contributed by atoms with Gasteiger partial charge in [-0.05, 0) is 68.8 Å². The lowest BCUT2D eigenvalue weighted by Crippen LogP contribution is -2.23. The molecule has 0 saturated carbocycles. The third-order valence-electron chi connectivity index (χ3n) is 3.80. The van der Waals surface area contributed by atoms with Gasteiger partial charge in [-0.25, -0.2) is 0 Å². The van der Waals surface area contributed by atoms with Crippen molar-refractivity contribution in [3.8, 4) is 5.75 Å². The number of benzene rings is 2. The Morgan fingerprint density at radius 1 is 1.12 bits per heavy atom. The number of halogens is 1. The molecule has 2 aromatic carbocycles. The average Bonchev–Trinajstić information content (AvgIpc) is 2.58. The molecule has 0 saturated heterocycles. The highest BCUT2D eigenvalue weighted by atomic mass is 79.9. The number of carbonyl (C=O) groups is 1. The summed E-state index contributed by atoms with van der Waals surface area (Å²) in [4.78, 5) is 14.4. The van der Waals surface area contributed by atoms with Crippen LogP contribution >= 0.6 is 15.9 Å². The highest BCUT2D eigenvalue weighted by molar-refractivity contribution is 9.10. The number of ether oxygens (including phenoxy) is 1. The molecule has 0 atom stereocenters. The molecule has 2 rings (SSSR count). The molecule has 0 spiro atoms. The second kappa shape index (κ2) is 8.73. The minimum Gasteiger partial charge on any atom is -0.484 e. The van der Waals surface area contributed by atoms with Crippen LogP contribution in [0.5, 0.6) is 5.75 Å². The van der Waals surface area contributed by atoms with Crippen LogP contribution in [0.4, 0.5) is 11.4 Å². The van der Waals surface area contributed by atoms with E-state index in [4.69, 9.17) is 4.74 Å². The van der Waals surface area contributed by atoms with E-state index in [1.165, 1.54) is 5.69 Å². The second-order valence-electron chi connectivity index (χ2n) is 5.46. The van der Waals surface area contributed by atoms with E-state index >= 15 is 0 Å².